The van der Waals surface area contributed by atoms with Crippen molar-refractivity contribution in [2.75, 3.05) is 7.11 Å². The molecule has 1 aliphatic heterocycles. The van der Waals surface area contributed by atoms with Gasteiger partial charge in [0.15, 0.2) is 6.10 Å². The number of carbonyl (C=O) groups is 1. The number of benzene rings is 2. The summed E-state index contributed by atoms with van der Waals surface area (Å²) in [5.74, 6) is 0.547. The average molecular weight is 314 g/mol. The number of rotatable bonds is 5. The first-order valence-corrected chi connectivity index (χ1v) is 7.94. The van der Waals surface area contributed by atoms with Crippen LogP contribution >= 0.6 is 0 Å². The van der Waals surface area contributed by atoms with E-state index in [1.54, 1.807) is 7.11 Å². The summed E-state index contributed by atoms with van der Waals surface area (Å²) in [7, 11) is 1.65. The number of hydrogen-bond acceptors (Lipinski definition) is 4. The Morgan fingerprint density at radius 2 is 1.96 bits per heavy atom. The molecule has 0 bridgehead atoms. The van der Waals surface area contributed by atoms with Crippen molar-refractivity contribution in [1.29, 1.82) is 0 Å². The van der Waals surface area contributed by atoms with E-state index in [9.17, 15) is 4.79 Å². The van der Waals surface area contributed by atoms with Crippen molar-refractivity contribution in [1.82, 2.24) is 0 Å². The van der Waals surface area contributed by atoms with E-state index in [4.69, 9.17) is 14.2 Å². The van der Waals surface area contributed by atoms with Gasteiger partial charge in [0.05, 0.1) is 13.2 Å². The Morgan fingerprint density at radius 3 is 2.65 bits per heavy atom. The zero-order valence-corrected chi connectivity index (χ0v) is 14.0. The molecular formula is C19H22O4. The molecule has 1 fully saturated rings. The maximum Gasteiger partial charge on any atom is 0.338 e. The van der Waals surface area contributed by atoms with E-state index in [-0.39, 0.29) is 12.1 Å². The largest absolute Gasteiger partial charge is 0.497 e. The molecule has 0 radical (unpaired) electrons. The topological polar surface area (TPSA) is 48.1 Å². The Hall–Kier alpha value is -2.07. The van der Waals surface area contributed by atoms with Crippen LogP contribution in [0.2, 0.25) is 0 Å². The quantitative estimate of drug-likeness (QED) is 0.622. The first-order chi connectivity index (χ1) is 11.0. The second kappa shape index (κ2) is 5.85. The molecule has 2 aromatic carbocycles. The molecule has 1 saturated heterocycles. The normalized spacial score (nSPS) is 24.3. The van der Waals surface area contributed by atoms with Gasteiger partial charge < -0.3 is 14.2 Å². The number of fused-ring (bicyclic) bond motifs is 1. The predicted molar refractivity (Wildman–Crippen MR) is 88.6 cm³/mol. The lowest BCUT2D eigenvalue weighted by molar-refractivity contribution is -0.149. The molecule has 4 nitrogen and oxygen atoms in total. The second-order valence-electron chi connectivity index (χ2n) is 6.19. The van der Waals surface area contributed by atoms with Crippen LogP contribution in [-0.4, -0.2) is 25.3 Å². The molecule has 0 aromatic heterocycles. The molecular weight excluding hydrogens is 292 g/mol. The summed E-state index contributed by atoms with van der Waals surface area (Å²) in [6.45, 7) is 5.81. The lowest BCUT2D eigenvalue weighted by atomic mass is 9.94. The van der Waals surface area contributed by atoms with E-state index in [0.29, 0.717) is 0 Å². The molecule has 4 heteroatoms. The van der Waals surface area contributed by atoms with Crippen molar-refractivity contribution in [3.8, 4) is 5.75 Å². The molecule has 122 valence electrons. The van der Waals surface area contributed by atoms with Gasteiger partial charge in [-0.05, 0) is 54.8 Å². The van der Waals surface area contributed by atoms with Gasteiger partial charge in [-0.1, -0.05) is 25.1 Å². The Labute approximate surface area is 136 Å². The molecule has 3 rings (SSSR count). The fourth-order valence-corrected chi connectivity index (χ4v) is 2.71. The van der Waals surface area contributed by atoms with Crippen LogP contribution in [0.1, 0.15) is 32.8 Å². The summed E-state index contributed by atoms with van der Waals surface area (Å²) in [5.41, 5.74) is 0.389. The third kappa shape index (κ3) is 2.91. The van der Waals surface area contributed by atoms with Gasteiger partial charge in [0, 0.05) is 0 Å². The van der Waals surface area contributed by atoms with E-state index < -0.39 is 11.7 Å². The van der Waals surface area contributed by atoms with Crippen molar-refractivity contribution in [2.24, 2.45) is 0 Å². The molecule has 0 spiro atoms. The SMILES string of the molecule is CCC(C)OC(=O)C1OC1(C)c1ccc2cc(OC)ccc2c1. The average Bonchev–Trinajstić information content (AvgIpc) is 3.27. The highest BCUT2D eigenvalue weighted by atomic mass is 16.7. The molecule has 23 heavy (non-hydrogen) atoms. The van der Waals surface area contributed by atoms with Crippen LogP contribution in [0.15, 0.2) is 36.4 Å². The summed E-state index contributed by atoms with van der Waals surface area (Å²) in [6.07, 6.45) is 0.194. The van der Waals surface area contributed by atoms with Gasteiger partial charge in [0.25, 0.3) is 0 Å². The fraction of sp³-hybridized carbons (Fsp3) is 0.421. The Kier molecular flexibility index (Phi) is 4.02. The van der Waals surface area contributed by atoms with Gasteiger partial charge in [-0.2, -0.15) is 0 Å². The van der Waals surface area contributed by atoms with Crippen LogP contribution in [-0.2, 0) is 19.9 Å². The van der Waals surface area contributed by atoms with E-state index in [0.717, 1.165) is 28.5 Å². The second-order valence-corrected chi connectivity index (χ2v) is 6.19. The van der Waals surface area contributed by atoms with Gasteiger partial charge in [-0.3, -0.25) is 0 Å². The molecule has 0 amide bonds. The number of hydrogen-bond donors (Lipinski definition) is 0. The monoisotopic (exact) mass is 314 g/mol. The number of ether oxygens (including phenoxy) is 3. The zero-order chi connectivity index (χ0) is 16.6. The van der Waals surface area contributed by atoms with Crippen LogP contribution in [0.5, 0.6) is 5.75 Å². The molecule has 3 atom stereocenters. The third-order valence-corrected chi connectivity index (χ3v) is 4.53. The first kappa shape index (κ1) is 15.8. The highest BCUT2D eigenvalue weighted by Crippen LogP contribution is 2.47. The Morgan fingerprint density at radius 1 is 1.26 bits per heavy atom. The number of carbonyl (C=O) groups excluding carboxylic acids is 1. The summed E-state index contributed by atoms with van der Waals surface area (Å²) in [5, 5.41) is 2.19. The fourth-order valence-electron chi connectivity index (χ4n) is 2.71. The van der Waals surface area contributed by atoms with E-state index in [1.165, 1.54) is 0 Å². The predicted octanol–water partition coefficient (Wildman–Crippen LogP) is 3.80. The molecule has 1 aliphatic rings. The molecule has 1 heterocycles. The summed E-state index contributed by atoms with van der Waals surface area (Å²) >= 11 is 0. The van der Waals surface area contributed by atoms with Crippen LogP contribution in [0.4, 0.5) is 0 Å². The van der Waals surface area contributed by atoms with Crippen LogP contribution in [0.25, 0.3) is 10.8 Å². The van der Waals surface area contributed by atoms with Crippen LogP contribution in [0, 0.1) is 0 Å². The van der Waals surface area contributed by atoms with Crippen molar-refractivity contribution < 1.29 is 19.0 Å². The first-order valence-electron chi connectivity index (χ1n) is 7.94. The Balaban J connectivity index is 1.82. The maximum atomic E-state index is 12.1. The number of methoxy groups -OCH3 is 1. The highest BCUT2D eigenvalue weighted by Gasteiger charge is 2.59. The third-order valence-electron chi connectivity index (χ3n) is 4.53. The van der Waals surface area contributed by atoms with Crippen molar-refractivity contribution in [3.05, 3.63) is 42.0 Å². The van der Waals surface area contributed by atoms with Gasteiger partial charge in [-0.15, -0.1) is 0 Å². The molecule has 2 aromatic rings. The summed E-state index contributed by atoms with van der Waals surface area (Å²) in [6, 6.07) is 12.0. The van der Waals surface area contributed by atoms with Crippen molar-refractivity contribution >= 4 is 16.7 Å². The van der Waals surface area contributed by atoms with Gasteiger partial charge in [0.2, 0.25) is 0 Å². The van der Waals surface area contributed by atoms with Gasteiger partial charge in [0.1, 0.15) is 11.4 Å². The lowest BCUT2D eigenvalue weighted by Gasteiger charge is -2.12. The zero-order valence-electron chi connectivity index (χ0n) is 14.0. The molecule has 0 N–H and O–H groups in total. The van der Waals surface area contributed by atoms with Crippen LogP contribution < -0.4 is 4.74 Å². The maximum absolute atomic E-state index is 12.1. The van der Waals surface area contributed by atoms with E-state index in [1.807, 2.05) is 51.1 Å². The minimum absolute atomic E-state index is 0.0833. The molecule has 3 unspecified atom stereocenters. The highest BCUT2D eigenvalue weighted by molar-refractivity contribution is 5.86. The minimum Gasteiger partial charge on any atom is -0.497 e. The Bertz CT molecular complexity index is 739. The lowest BCUT2D eigenvalue weighted by Crippen LogP contribution is -2.22. The van der Waals surface area contributed by atoms with Crippen LogP contribution in [0.3, 0.4) is 0 Å². The molecule has 0 saturated carbocycles. The van der Waals surface area contributed by atoms with E-state index >= 15 is 0 Å². The van der Waals surface area contributed by atoms with Gasteiger partial charge >= 0.3 is 5.97 Å². The molecule has 0 aliphatic carbocycles. The van der Waals surface area contributed by atoms with E-state index in [2.05, 4.69) is 6.07 Å². The minimum atomic E-state index is -0.599. The van der Waals surface area contributed by atoms with Crippen molar-refractivity contribution in [3.63, 3.8) is 0 Å². The summed E-state index contributed by atoms with van der Waals surface area (Å²) in [4.78, 5) is 12.1. The standard InChI is InChI=1S/C19H22O4/c1-5-12(2)22-18(20)17-19(3,23-17)15-8-6-14-11-16(21-4)9-7-13(14)10-15/h6-12,17H,5H2,1-4H3. The number of epoxide rings is 1. The smallest absolute Gasteiger partial charge is 0.338 e. The van der Waals surface area contributed by atoms with Gasteiger partial charge in [-0.25, -0.2) is 4.79 Å². The summed E-state index contributed by atoms with van der Waals surface area (Å²) < 4.78 is 16.3. The number of esters is 1. The van der Waals surface area contributed by atoms with Crippen molar-refractivity contribution in [2.45, 2.75) is 45.0 Å².